The van der Waals surface area contributed by atoms with Crippen LogP contribution in [-0.4, -0.2) is 20.3 Å². The molecular formula is C17H16ClNO3. The van der Waals surface area contributed by atoms with Gasteiger partial charge in [-0.05, 0) is 42.5 Å². The van der Waals surface area contributed by atoms with Gasteiger partial charge < -0.3 is 14.2 Å². The smallest absolute Gasteiger partial charge is 0.137 e. The Morgan fingerprint density at radius 2 is 1.68 bits per heavy atom. The van der Waals surface area contributed by atoms with Crippen molar-refractivity contribution in [2.75, 3.05) is 20.3 Å². The van der Waals surface area contributed by atoms with E-state index < -0.39 is 0 Å². The van der Waals surface area contributed by atoms with Crippen LogP contribution in [0.2, 0.25) is 5.02 Å². The third-order valence-electron chi connectivity index (χ3n) is 2.94. The molecule has 2 aromatic rings. The molecule has 114 valence electrons. The Morgan fingerprint density at radius 3 is 2.32 bits per heavy atom. The Kier molecular flexibility index (Phi) is 5.93. The van der Waals surface area contributed by atoms with Gasteiger partial charge in [-0.2, -0.15) is 5.26 Å². The van der Waals surface area contributed by atoms with Crippen molar-refractivity contribution in [2.45, 2.75) is 6.42 Å². The van der Waals surface area contributed by atoms with Gasteiger partial charge in [0, 0.05) is 6.42 Å². The fourth-order valence-electron chi connectivity index (χ4n) is 1.79. The molecular weight excluding hydrogens is 302 g/mol. The highest BCUT2D eigenvalue weighted by molar-refractivity contribution is 6.32. The Hall–Kier alpha value is -2.38. The van der Waals surface area contributed by atoms with E-state index in [0.717, 1.165) is 17.9 Å². The van der Waals surface area contributed by atoms with Crippen LogP contribution in [0.5, 0.6) is 17.2 Å². The van der Waals surface area contributed by atoms with Crippen LogP contribution in [0, 0.1) is 11.3 Å². The molecule has 0 heterocycles. The van der Waals surface area contributed by atoms with Crippen molar-refractivity contribution in [2.24, 2.45) is 0 Å². The number of nitriles is 1. The quantitative estimate of drug-likeness (QED) is 0.722. The number of ether oxygens (including phenoxy) is 3. The average Bonchev–Trinajstić information content (AvgIpc) is 2.56. The molecule has 0 radical (unpaired) electrons. The molecule has 2 aromatic carbocycles. The largest absolute Gasteiger partial charge is 0.497 e. The minimum Gasteiger partial charge on any atom is -0.497 e. The number of hydrogen-bond acceptors (Lipinski definition) is 4. The molecule has 0 atom stereocenters. The Bertz CT molecular complexity index is 650. The predicted octanol–water partition coefficient (Wildman–Crippen LogP) is 4.07. The fourth-order valence-corrected chi connectivity index (χ4v) is 2.03. The first-order valence-electron chi connectivity index (χ1n) is 6.82. The van der Waals surface area contributed by atoms with Crippen LogP contribution < -0.4 is 14.2 Å². The summed E-state index contributed by atoms with van der Waals surface area (Å²) < 4.78 is 16.2. The van der Waals surface area contributed by atoms with Crippen LogP contribution >= 0.6 is 11.6 Å². The molecule has 0 bridgehead atoms. The highest BCUT2D eigenvalue weighted by atomic mass is 35.5. The summed E-state index contributed by atoms with van der Waals surface area (Å²) >= 11 is 6.03. The van der Waals surface area contributed by atoms with Crippen LogP contribution in [0.15, 0.2) is 42.5 Å². The monoisotopic (exact) mass is 317 g/mol. The predicted molar refractivity (Wildman–Crippen MR) is 84.8 cm³/mol. The van der Waals surface area contributed by atoms with Gasteiger partial charge in [0.05, 0.1) is 37.0 Å². The molecule has 0 aliphatic carbocycles. The van der Waals surface area contributed by atoms with E-state index in [1.165, 1.54) is 0 Å². The van der Waals surface area contributed by atoms with Crippen molar-refractivity contribution in [1.82, 2.24) is 0 Å². The molecule has 2 rings (SSSR count). The number of methoxy groups -OCH3 is 1. The lowest BCUT2D eigenvalue weighted by atomic mass is 10.2. The lowest BCUT2D eigenvalue weighted by molar-refractivity contribution is 0.247. The maximum absolute atomic E-state index is 8.77. The first-order valence-corrected chi connectivity index (χ1v) is 7.20. The zero-order chi connectivity index (χ0) is 15.8. The number of rotatable bonds is 7. The van der Waals surface area contributed by atoms with E-state index in [4.69, 9.17) is 31.1 Å². The SMILES string of the molecule is COc1ccc(OCCCOc2ccc(C#N)cc2Cl)cc1. The third-order valence-corrected chi connectivity index (χ3v) is 3.23. The van der Waals surface area contributed by atoms with Crippen molar-refractivity contribution >= 4 is 11.6 Å². The summed E-state index contributed by atoms with van der Waals surface area (Å²) in [5, 5.41) is 9.21. The van der Waals surface area contributed by atoms with Gasteiger partial charge in [0.1, 0.15) is 17.2 Å². The van der Waals surface area contributed by atoms with Crippen molar-refractivity contribution < 1.29 is 14.2 Å². The minimum absolute atomic E-state index is 0.440. The first kappa shape index (κ1) is 16.0. The second kappa shape index (κ2) is 8.16. The van der Waals surface area contributed by atoms with Gasteiger partial charge >= 0.3 is 0 Å². The maximum Gasteiger partial charge on any atom is 0.137 e. The molecule has 0 saturated carbocycles. The number of benzene rings is 2. The summed E-state index contributed by atoms with van der Waals surface area (Å²) in [6.45, 7) is 1.03. The van der Waals surface area contributed by atoms with Gasteiger partial charge in [0.15, 0.2) is 0 Å². The molecule has 0 amide bonds. The number of hydrogen-bond donors (Lipinski definition) is 0. The Morgan fingerprint density at radius 1 is 1.00 bits per heavy atom. The van der Waals surface area contributed by atoms with Crippen molar-refractivity contribution in [3.63, 3.8) is 0 Å². The molecule has 0 fully saturated rings. The highest BCUT2D eigenvalue weighted by Gasteiger charge is 2.03. The minimum atomic E-state index is 0.440. The van der Waals surface area contributed by atoms with Crippen molar-refractivity contribution in [3.05, 3.63) is 53.1 Å². The zero-order valence-electron chi connectivity index (χ0n) is 12.2. The fraction of sp³-hybridized carbons (Fsp3) is 0.235. The second-order valence-corrected chi connectivity index (χ2v) is 4.89. The van der Waals surface area contributed by atoms with Crippen LogP contribution in [0.1, 0.15) is 12.0 Å². The molecule has 0 aliphatic rings. The van der Waals surface area contributed by atoms with E-state index in [9.17, 15) is 0 Å². The van der Waals surface area contributed by atoms with Gasteiger partial charge in [-0.3, -0.25) is 0 Å². The lowest BCUT2D eigenvalue weighted by Gasteiger charge is -2.09. The molecule has 22 heavy (non-hydrogen) atoms. The highest BCUT2D eigenvalue weighted by Crippen LogP contribution is 2.25. The molecule has 5 heteroatoms. The van der Waals surface area contributed by atoms with Gasteiger partial charge in [0.25, 0.3) is 0 Å². The molecule has 4 nitrogen and oxygen atoms in total. The summed E-state index contributed by atoms with van der Waals surface area (Å²) in [5.74, 6) is 2.16. The van der Waals surface area contributed by atoms with E-state index in [1.54, 1.807) is 25.3 Å². The summed E-state index contributed by atoms with van der Waals surface area (Å²) in [5.41, 5.74) is 0.514. The van der Waals surface area contributed by atoms with Gasteiger partial charge in [0.2, 0.25) is 0 Å². The third kappa shape index (κ3) is 4.57. The first-order chi connectivity index (χ1) is 10.7. The van der Waals surface area contributed by atoms with Crippen molar-refractivity contribution in [1.29, 1.82) is 5.26 Å². The Labute approximate surface area is 134 Å². The lowest BCUT2D eigenvalue weighted by Crippen LogP contribution is -2.05. The summed E-state index contributed by atoms with van der Waals surface area (Å²) in [6.07, 6.45) is 0.725. The summed E-state index contributed by atoms with van der Waals surface area (Å²) in [4.78, 5) is 0. The molecule has 0 aromatic heterocycles. The maximum atomic E-state index is 8.77. The van der Waals surface area contributed by atoms with Crippen LogP contribution in [0.4, 0.5) is 0 Å². The summed E-state index contributed by atoms with van der Waals surface area (Å²) in [7, 11) is 1.63. The van der Waals surface area contributed by atoms with Crippen LogP contribution in [0.3, 0.4) is 0 Å². The molecule has 0 spiro atoms. The normalized spacial score (nSPS) is 9.86. The summed E-state index contributed by atoms with van der Waals surface area (Å²) in [6, 6.07) is 14.4. The molecule has 0 aliphatic heterocycles. The van der Waals surface area contributed by atoms with Gasteiger partial charge in [-0.15, -0.1) is 0 Å². The second-order valence-electron chi connectivity index (χ2n) is 4.48. The Balaban J connectivity index is 1.72. The topological polar surface area (TPSA) is 51.5 Å². The molecule has 0 unspecified atom stereocenters. The molecule has 0 N–H and O–H groups in total. The van der Waals surface area contributed by atoms with E-state index >= 15 is 0 Å². The van der Waals surface area contributed by atoms with Crippen molar-refractivity contribution in [3.8, 4) is 23.3 Å². The zero-order valence-corrected chi connectivity index (χ0v) is 13.0. The van der Waals surface area contributed by atoms with Gasteiger partial charge in [-0.1, -0.05) is 11.6 Å². The van der Waals surface area contributed by atoms with Gasteiger partial charge in [-0.25, -0.2) is 0 Å². The van der Waals surface area contributed by atoms with E-state index in [-0.39, 0.29) is 0 Å². The number of halogens is 1. The van der Waals surface area contributed by atoms with E-state index in [2.05, 4.69) is 0 Å². The molecule has 0 saturated heterocycles. The van der Waals surface area contributed by atoms with Crippen LogP contribution in [-0.2, 0) is 0 Å². The standard InChI is InChI=1S/C17H16ClNO3/c1-20-14-4-6-15(7-5-14)21-9-2-10-22-17-8-3-13(12-19)11-16(17)18/h3-8,11H,2,9-10H2,1H3. The van der Waals surface area contributed by atoms with Crippen LogP contribution in [0.25, 0.3) is 0 Å². The van der Waals surface area contributed by atoms with E-state index in [0.29, 0.717) is 29.5 Å². The number of nitrogens with zero attached hydrogens (tertiary/aromatic N) is 1. The van der Waals surface area contributed by atoms with E-state index in [1.807, 2.05) is 30.3 Å². The average molecular weight is 318 g/mol.